The molecule has 0 atom stereocenters. The number of thiophene rings is 1. The summed E-state index contributed by atoms with van der Waals surface area (Å²) in [6.45, 7) is 1.03. The normalized spacial score (nSPS) is 10.1. The van der Waals surface area contributed by atoms with E-state index >= 15 is 0 Å². The molecule has 0 saturated carbocycles. The largest absolute Gasteiger partial charge is 0.355 e. The number of amides is 1. The van der Waals surface area contributed by atoms with Gasteiger partial charge in [-0.25, -0.2) is 0 Å². The summed E-state index contributed by atoms with van der Waals surface area (Å²) in [6, 6.07) is 3.86. The number of hydrogen-bond donors (Lipinski definition) is 2. The van der Waals surface area contributed by atoms with E-state index in [1.165, 1.54) is 4.88 Å². The van der Waals surface area contributed by atoms with Crippen LogP contribution in [0.2, 0.25) is 4.34 Å². The number of carbonyl (C=O) groups is 1. The minimum Gasteiger partial charge on any atom is -0.355 e. The molecular weight excluding hydrogens is 220 g/mol. The van der Waals surface area contributed by atoms with Gasteiger partial charge in [0.05, 0.1) is 10.9 Å². The van der Waals surface area contributed by atoms with E-state index in [0.29, 0.717) is 13.1 Å². The summed E-state index contributed by atoms with van der Waals surface area (Å²) < 4.78 is 0.793. The summed E-state index contributed by atoms with van der Waals surface area (Å²) in [5.74, 6) is 0.0233. The van der Waals surface area contributed by atoms with E-state index in [1.807, 2.05) is 12.1 Å². The van der Waals surface area contributed by atoms with Crippen LogP contribution in [0.25, 0.3) is 0 Å². The molecule has 1 aromatic heterocycles. The summed E-state index contributed by atoms with van der Waals surface area (Å²) in [4.78, 5) is 12.2. The third-order valence-electron chi connectivity index (χ3n) is 1.66. The van der Waals surface area contributed by atoms with Crippen LogP contribution in [-0.4, -0.2) is 26.0 Å². The fourth-order valence-corrected chi connectivity index (χ4v) is 2.12. The zero-order valence-electron chi connectivity index (χ0n) is 7.97. The van der Waals surface area contributed by atoms with Gasteiger partial charge in [-0.05, 0) is 25.6 Å². The van der Waals surface area contributed by atoms with E-state index in [2.05, 4.69) is 10.6 Å². The number of nitrogens with one attached hydrogen (secondary N) is 2. The Labute approximate surface area is 92.5 Å². The molecule has 2 N–H and O–H groups in total. The molecule has 14 heavy (non-hydrogen) atoms. The molecule has 0 spiro atoms. The summed E-state index contributed by atoms with van der Waals surface area (Å²) >= 11 is 7.32. The lowest BCUT2D eigenvalue weighted by atomic mass is 10.3. The van der Waals surface area contributed by atoms with Crippen LogP contribution < -0.4 is 10.6 Å². The number of hydrogen-bond acceptors (Lipinski definition) is 3. The van der Waals surface area contributed by atoms with Crippen LogP contribution in [-0.2, 0) is 11.2 Å². The molecule has 0 saturated heterocycles. The SMILES string of the molecule is CNCC(=O)NCCc1ccc(Cl)s1. The highest BCUT2D eigenvalue weighted by Gasteiger charge is 2.00. The van der Waals surface area contributed by atoms with Gasteiger partial charge < -0.3 is 10.6 Å². The Hall–Kier alpha value is -0.580. The third-order valence-corrected chi connectivity index (χ3v) is 2.95. The lowest BCUT2D eigenvalue weighted by Crippen LogP contribution is -2.33. The Kier molecular flexibility index (Phi) is 4.93. The van der Waals surface area contributed by atoms with Gasteiger partial charge in [0.2, 0.25) is 5.91 Å². The summed E-state index contributed by atoms with van der Waals surface area (Å²) in [6.07, 6.45) is 0.840. The highest BCUT2D eigenvalue weighted by molar-refractivity contribution is 7.16. The first-order chi connectivity index (χ1) is 6.72. The number of rotatable bonds is 5. The molecule has 0 aliphatic rings. The van der Waals surface area contributed by atoms with Gasteiger partial charge in [-0.15, -0.1) is 11.3 Å². The maximum atomic E-state index is 11.0. The quantitative estimate of drug-likeness (QED) is 0.803. The lowest BCUT2D eigenvalue weighted by molar-refractivity contribution is -0.120. The average molecular weight is 233 g/mol. The molecule has 1 amide bonds. The van der Waals surface area contributed by atoms with Crippen molar-refractivity contribution in [3.63, 3.8) is 0 Å². The maximum absolute atomic E-state index is 11.0. The predicted octanol–water partition coefficient (Wildman–Crippen LogP) is 1.28. The van der Waals surface area contributed by atoms with E-state index in [9.17, 15) is 4.79 Å². The van der Waals surface area contributed by atoms with E-state index in [-0.39, 0.29) is 5.91 Å². The van der Waals surface area contributed by atoms with Crippen LogP contribution in [0.3, 0.4) is 0 Å². The van der Waals surface area contributed by atoms with Crippen molar-refractivity contribution in [1.29, 1.82) is 0 Å². The molecular formula is C9H13ClN2OS. The first-order valence-electron chi connectivity index (χ1n) is 4.38. The molecule has 0 unspecified atom stereocenters. The van der Waals surface area contributed by atoms with Gasteiger partial charge >= 0.3 is 0 Å². The van der Waals surface area contributed by atoms with E-state index in [4.69, 9.17) is 11.6 Å². The van der Waals surface area contributed by atoms with Crippen molar-refractivity contribution in [3.8, 4) is 0 Å². The highest BCUT2D eigenvalue weighted by Crippen LogP contribution is 2.21. The molecule has 0 bridgehead atoms. The standard InChI is InChI=1S/C9H13ClN2OS/c1-11-6-9(13)12-5-4-7-2-3-8(10)14-7/h2-3,11H,4-6H2,1H3,(H,12,13). The van der Waals surface area contributed by atoms with Crippen molar-refractivity contribution in [1.82, 2.24) is 10.6 Å². The molecule has 0 aromatic carbocycles. The second-order valence-electron chi connectivity index (χ2n) is 2.84. The second kappa shape index (κ2) is 6.01. The van der Waals surface area contributed by atoms with Crippen LogP contribution >= 0.6 is 22.9 Å². The molecule has 5 heteroatoms. The smallest absolute Gasteiger partial charge is 0.233 e. The van der Waals surface area contributed by atoms with Gasteiger partial charge in [-0.2, -0.15) is 0 Å². The first kappa shape index (κ1) is 11.5. The molecule has 0 fully saturated rings. The van der Waals surface area contributed by atoms with Gasteiger partial charge in [0, 0.05) is 11.4 Å². The van der Waals surface area contributed by atoms with Gasteiger partial charge in [0.25, 0.3) is 0 Å². The van der Waals surface area contributed by atoms with E-state index in [1.54, 1.807) is 18.4 Å². The van der Waals surface area contributed by atoms with Gasteiger partial charge in [0.15, 0.2) is 0 Å². The fourth-order valence-electron chi connectivity index (χ4n) is 1.03. The third kappa shape index (κ3) is 4.09. The van der Waals surface area contributed by atoms with Gasteiger partial charge in [-0.1, -0.05) is 11.6 Å². The zero-order chi connectivity index (χ0) is 10.4. The van der Waals surface area contributed by atoms with Crippen LogP contribution in [0, 0.1) is 0 Å². The molecule has 0 radical (unpaired) electrons. The van der Waals surface area contributed by atoms with Crippen LogP contribution in [0.5, 0.6) is 0 Å². The fraction of sp³-hybridized carbons (Fsp3) is 0.444. The van der Waals surface area contributed by atoms with Gasteiger partial charge in [-0.3, -0.25) is 4.79 Å². The minimum absolute atomic E-state index is 0.0233. The molecule has 78 valence electrons. The van der Waals surface area contributed by atoms with Crippen molar-refractivity contribution in [2.75, 3.05) is 20.1 Å². The van der Waals surface area contributed by atoms with Crippen LogP contribution in [0.1, 0.15) is 4.88 Å². The van der Waals surface area contributed by atoms with Crippen LogP contribution in [0.15, 0.2) is 12.1 Å². The minimum atomic E-state index is 0.0233. The molecule has 1 heterocycles. The highest BCUT2D eigenvalue weighted by atomic mass is 35.5. The van der Waals surface area contributed by atoms with Crippen LogP contribution in [0.4, 0.5) is 0 Å². The van der Waals surface area contributed by atoms with E-state index < -0.39 is 0 Å². The van der Waals surface area contributed by atoms with Crippen molar-refractivity contribution < 1.29 is 4.79 Å². The van der Waals surface area contributed by atoms with Crippen molar-refractivity contribution in [2.24, 2.45) is 0 Å². The van der Waals surface area contributed by atoms with Crippen molar-refractivity contribution in [2.45, 2.75) is 6.42 Å². The maximum Gasteiger partial charge on any atom is 0.233 e. The Morgan fingerprint density at radius 3 is 2.93 bits per heavy atom. The van der Waals surface area contributed by atoms with Gasteiger partial charge in [0.1, 0.15) is 0 Å². The molecule has 0 aliphatic heterocycles. The number of carbonyl (C=O) groups excluding carboxylic acids is 1. The lowest BCUT2D eigenvalue weighted by Gasteiger charge is -2.02. The topological polar surface area (TPSA) is 41.1 Å². The predicted molar refractivity (Wildman–Crippen MR) is 60.0 cm³/mol. The molecule has 3 nitrogen and oxygen atoms in total. The Morgan fingerprint density at radius 1 is 1.57 bits per heavy atom. The molecule has 0 aliphatic carbocycles. The van der Waals surface area contributed by atoms with E-state index in [0.717, 1.165) is 10.8 Å². The molecule has 1 rings (SSSR count). The van der Waals surface area contributed by atoms with Crippen molar-refractivity contribution in [3.05, 3.63) is 21.3 Å². The first-order valence-corrected chi connectivity index (χ1v) is 5.57. The number of likely N-dealkylation sites (N-methyl/N-ethyl adjacent to an activating group) is 1. The monoisotopic (exact) mass is 232 g/mol. The Balaban J connectivity index is 2.18. The number of halogens is 1. The molecule has 1 aromatic rings. The second-order valence-corrected chi connectivity index (χ2v) is 4.64. The summed E-state index contributed by atoms with van der Waals surface area (Å²) in [7, 11) is 1.75. The average Bonchev–Trinajstić information content (AvgIpc) is 2.52. The van der Waals surface area contributed by atoms with Crippen molar-refractivity contribution >= 4 is 28.8 Å². The summed E-state index contributed by atoms with van der Waals surface area (Å²) in [5, 5.41) is 5.59. The zero-order valence-corrected chi connectivity index (χ0v) is 9.54. The Bertz CT molecular complexity index is 301. The summed E-state index contributed by atoms with van der Waals surface area (Å²) in [5.41, 5.74) is 0. The Morgan fingerprint density at radius 2 is 2.36 bits per heavy atom.